The van der Waals surface area contributed by atoms with Gasteiger partial charge in [-0.2, -0.15) is 10.2 Å². The third-order valence-electron chi connectivity index (χ3n) is 3.53. The molecule has 0 saturated heterocycles. The van der Waals surface area contributed by atoms with E-state index in [2.05, 4.69) is 52.8 Å². The molecule has 0 amide bonds. The molecule has 92 valence electrons. The minimum Gasteiger partial charge on any atom is -0.264 e. The van der Waals surface area contributed by atoms with E-state index in [-0.39, 0.29) is 12.3 Å². The van der Waals surface area contributed by atoms with Crippen molar-refractivity contribution in [2.45, 2.75) is 25.7 Å². The Hall–Kier alpha value is -1.74. The zero-order valence-corrected chi connectivity index (χ0v) is 10.5. The van der Waals surface area contributed by atoms with Crippen LogP contribution in [0.3, 0.4) is 0 Å². The lowest BCUT2D eigenvalue weighted by molar-refractivity contribution is 0.523. The Labute approximate surface area is 107 Å². The normalized spacial score (nSPS) is 30.5. The van der Waals surface area contributed by atoms with Crippen LogP contribution in [-0.4, -0.2) is 6.17 Å². The molecule has 2 aliphatic rings. The highest BCUT2D eigenvalue weighted by Gasteiger charge is 2.27. The molecule has 3 nitrogen and oxygen atoms in total. The molecule has 1 aliphatic heterocycles. The molecule has 1 aromatic rings. The zero-order valence-electron chi connectivity index (χ0n) is 10.5. The topological polar surface area (TPSA) is 36.8 Å². The number of nitrogens with zero attached hydrogens (tertiary/aromatic N) is 2. The third-order valence-corrected chi connectivity index (χ3v) is 3.53. The first-order valence-corrected chi connectivity index (χ1v) is 6.42. The van der Waals surface area contributed by atoms with Crippen molar-refractivity contribution in [1.82, 2.24) is 5.32 Å². The highest BCUT2D eigenvalue weighted by atomic mass is 15.4. The summed E-state index contributed by atoms with van der Waals surface area (Å²) in [5.74, 6) is 0.543. The number of nitrogens with one attached hydrogen (secondary N) is 1. The van der Waals surface area contributed by atoms with Crippen molar-refractivity contribution in [2.24, 2.45) is 16.1 Å². The summed E-state index contributed by atoms with van der Waals surface area (Å²) in [6, 6.07) is 10.2. The van der Waals surface area contributed by atoms with Gasteiger partial charge in [0.1, 0.15) is 12.3 Å². The van der Waals surface area contributed by atoms with Gasteiger partial charge in [0.2, 0.25) is 0 Å². The van der Waals surface area contributed by atoms with Crippen LogP contribution in [0.4, 0.5) is 0 Å². The van der Waals surface area contributed by atoms with Crippen molar-refractivity contribution in [2.75, 3.05) is 0 Å². The third kappa shape index (κ3) is 2.14. The van der Waals surface area contributed by atoms with E-state index in [0.717, 1.165) is 6.42 Å². The number of rotatable bonds is 2. The van der Waals surface area contributed by atoms with Gasteiger partial charge in [0.15, 0.2) is 0 Å². The molecule has 1 heterocycles. The van der Waals surface area contributed by atoms with Crippen LogP contribution >= 0.6 is 0 Å². The maximum Gasteiger partial charge on any atom is 0.148 e. The van der Waals surface area contributed by atoms with Gasteiger partial charge in [-0.3, -0.25) is 5.32 Å². The highest BCUT2D eigenvalue weighted by molar-refractivity contribution is 5.27. The van der Waals surface area contributed by atoms with Gasteiger partial charge in [0, 0.05) is 0 Å². The Morgan fingerprint density at radius 2 is 1.89 bits per heavy atom. The Kier molecular flexibility index (Phi) is 3.07. The molecule has 3 unspecified atom stereocenters. The Morgan fingerprint density at radius 1 is 1.11 bits per heavy atom. The summed E-state index contributed by atoms with van der Waals surface area (Å²) in [7, 11) is 0. The number of hydrogen-bond acceptors (Lipinski definition) is 3. The second kappa shape index (κ2) is 4.86. The predicted molar refractivity (Wildman–Crippen MR) is 72.0 cm³/mol. The fourth-order valence-electron chi connectivity index (χ4n) is 2.43. The van der Waals surface area contributed by atoms with Crippen molar-refractivity contribution in [3.8, 4) is 0 Å². The van der Waals surface area contributed by atoms with Crippen LogP contribution in [0.2, 0.25) is 0 Å². The van der Waals surface area contributed by atoms with E-state index >= 15 is 0 Å². The van der Waals surface area contributed by atoms with Gasteiger partial charge in [-0.15, -0.1) is 0 Å². The van der Waals surface area contributed by atoms with Crippen LogP contribution in [0.1, 0.15) is 25.1 Å². The largest absolute Gasteiger partial charge is 0.264 e. The van der Waals surface area contributed by atoms with Gasteiger partial charge in [0.05, 0.1) is 0 Å². The van der Waals surface area contributed by atoms with Crippen molar-refractivity contribution in [3.05, 3.63) is 59.7 Å². The number of hydrogen-bond donors (Lipinski definition) is 1. The second-order valence-electron chi connectivity index (χ2n) is 4.84. The van der Waals surface area contributed by atoms with Crippen LogP contribution in [0, 0.1) is 5.92 Å². The summed E-state index contributed by atoms with van der Waals surface area (Å²) in [6.07, 6.45) is 7.61. The molecule has 1 N–H and O–H groups in total. The molecule has 0 bridgehead atoms. The first kappa shape index (κ1) is 11.4. The van der Waals surface area contributed by atoms with Crippen LogP contribution in [0.5, 0.6) is 0 Å². The fraction of sp³-hybridized carbons (Fsp3) is 0.333. The molecule has 1 aliphatic carbocycles. The highest BCUT2D eigenvalue weighted by Crippen LogP contribution is 2.29. The Bertz CT molecular complexity index is 502. The van der Waals surface area contributed by atoms with E-state index in [1.54, 1.807) is 0 Å². The molecule has 1 aromatic carbocycles. The first-order valence-electron chi connectivity index (χ1n) is 6.42. The summed E-state index contributed by atoms with van der Waals surface area (Å²) in [4.78, 5) is 0. The van der Waals surface area contributed by atoms with Crippen LogP contribution in [0.15, 0.2) is 64.4 Å². The van der Waals surface area contributed by atoms with E-state index in [4.69, 9.17) is 0 Å². The van der Waals surface area contributed by atoms with Gasteiger partial charge in [0.25, 0.3) is 0 Å². The number of azo groups is 1. The first-order chi connectivity index (χ1) is 8.84. The monoisotopic (exact) mass is 239 g/mol. The molecule has 0 spiro atoms. The maximum atomic E-state index is 4.38. The van der Waals surface area contributed by atoms with E-state index < -0.39 is 0 Å². The van der Waals surface area contributed by atoms with E-state index in [1.165, 1.54) is 11.1 Å². The van der Waals surface area contributed by atoms with E-state index in [0.29, 0.717) is 5.92 Å². The Balaban J connectivity index is 1.75. The summed E-state index contributed by atoms with van der Waals surface area (Å²) >= 11 is 0. The average molecular weight is 239 g/mol. The fourth-order valence-corrected chi connectivity index (χ4v) is 2.43. The molecule has 3 atom stereocenters. The minimum atomic E-state index is -0.00444. The minimum absolute atomic E-state index is 0.00444. The van der Waals surface area contributed by atoms with Crippen LogP contribution in [-0.2, 0) is 0 Å². The van der Waals surface area contributed by atoms with E-state index in [9.17, 15) is 0 Å². The van der Waals surface area contributed by atoms with Gasteiger partial charge in [-0.05, 0) is 23.5 Å². The lowest BCUT2D eigenvalue weighted by Crippen LogP contribution is -2.29. The van der Waals surface area contributed by atoms with Gasteiger partial charge in [-0.25, -0.2) is 0 Å². The zero-order chi connectivity index (χ0) is 12.4. The lowest BCUT2D eigenvalue weighted by Gasteiger charge is -2.21. The summed E-state index contributed by atoms with van der Waals surface area (Å²) in [6.45, 7) is 2.24. The van der Waals surface area contributed by atoms with Gasteiger partial charge < -0.3 is 0 Å². The number of allylic oxidation sites excluding steroid dienone is 3. The average Bonchev–Trinajstić information content (AvgIpc) is 2.90. The molecular weight excluding hydrogens is 222 g/mol. The lowest BCUT2D eigenvalue weighted by atomic mass is 9.91. The van der Waals surface area contributed by atoms with Gasteiger partial charge in [-0.1, -0.05) is 55.5 Å². The van der Waals surface area contributed by atoms with Crippen LogP contribution < -0.4 is 5.32 Å². The summed E-state index contributed by atoms with van der Waals surface area (Å²) in [5, 5.41) is 12.2. The molecule has 0 saturated carbocycles. The van der Waals surface area contributed by atoms with Crippen molar-refractivity contribution >= 4 is 0 Å². The quantitative estimate of drug-likeness (QED) is 0.841. The predicted octanol–water partition coefficient (Wildman–Crippen LogP) is 3.59. The number of benzene rings is 1. The molecule has 3 rings (SSSR count). The smallest absolute Gasteiger partial charge is 0.148 e. The molecule has 3 heteroatoms. The molecule has 0 fully saturated rings. The van der Waals surface area contributed by atoms with Crippen molar-refractivity contribution in [3.63, 3.8) is 0 Å². The SMILES string of the molecule is CC1CC=CC=C1C1N=NC(c2ccccc2)N1. The molecule has 18 heavy (non-hydrogen) atoms. The van der Waals surface area contributed by atoms with Crippen molar-refractivity contribution < 1.29 is 0 Å². The molecule has 0 radical (unpaired) electrons. The molecule has 0 aromatic heterocycles. The Morgan fingerprint density at radius 3 is 2.67 bits per heavy atom. The molecular formula is C15H17N3. The van der Waals surface area contributed by atoms with E-state index in [1.807, 2.05) is 18.2 Å². The summed E-state index contributed by atoms with van der Waals surface area (Å²) < 4.78 is 0. The van der Waals surface area contributed by atoms with Crippen molar-refractivity contribution in [1.29, 1.82) is 0 Å². The van der Waals surface area contributed by atoms with Crippen LogP contribution in [0.25, 0.3) is 0 Å². The standard InChI is InChI=1S/C15H17N3/c1-11-7-5-6-10-13(11)15-16-14(17-18-15)12-8-3-2-4-9-12/h2-6,8-11,14-16H,7H2,1H3. The second-order valence-corrected chi connectivity index (χ2v) is 4.84. The van der Waals surface area contributed by atoms with Gasteiger partial charge >= 0.3 is 0 Å². The maximum absolute atomic E-state index is 4.38. The summed E-state index contributed by atoms with van der Waals surface area (Å²) in [5.41, 5.74) is 2.50.